The molecule has 2 N–H and O–H groups in total. The number of benzene rings is 1. The van der Waals surface area contributed by atoms with E-state index in [2.05, 4.69) is 20.3 Å². The van der Waals surface area contributed by atoms with Crippen LogP contribution in [0, 0.1) is 10.1 Å². The van der Waals surface area contributed by atoms with Crippen molar-refractivity contribution in [2.45, 2.75) is 12.8 Å². The molecule has 21 heavy (non-hydrogen) atoms. The highest BCUT2D eigenvalue weighted by Gasteiger charge is 2.11. The number of rotatable bonds is 6. The SMILES string of the molecule is O=[N+]([O-])c1ccc2oc(NCCCc3ncc[nH]3)nc2c1. The van der Waals surface area contributed by atoms with Crippen molar-refractivity contribution in [2.75, 3.05) is 11.9 Å². The molecular weight excluding hydrogens is 274 g/mol. The molecule has 0 saturated carbocycles. The van der Waals surface area contributed by atoms with Gasteiger partial charge < -0.3 is 14.7 Å². The lowest BCUT2D eigenvalue weighted by Crippen LogP contribution is -2.03. The van der Waals surface area contributed by atoms with Gasteiger partial charge in [0.15, 0.2) is 5.58 Å². The Morgan fingerprint density at radius 2 is 2.33 bits per heavy atom. The Kier molecular flexibility index (Phi) is 3.50. The molecule has 0 radical (unpaired) electrons. The van der Waals surface area contributed by atoms with Crippen molar-refractivity contribution in [3.63, 3.8) is 0 Å². The third kappa shape index (κ3) is 2.99. The molecule has 3 aromatic rings. The van der Waals surface area contributed by atoms with Crippen molar-refractivity contribution in [1.82, 2.24) is 15.0 Å². The molecule has 8 nitrogen and oxygen atoms in total. The van der Waals surface area contributed by atoms with E-state index < -0.39 is 4.92 Å². The zero-order valence-electron chi connectivity index (χ0n) is 11.1. The van der Waals surface area contributed by atoms with Crippen molar-refractivity contribution in [2.24, 2.45) is 0 Å². The number of fused-ring (bicyclic) bond motifs is 1. The van der Waals surface area contributed by atoms with Crippen LogP contribution in [0.25, 0.3) is 11.1 Å². The smallest absolute Gasteiger partial charge is 0.295 e. The zero-order chi connectivity index (χ0) is 14.7. The number of aromatic nitrogens is 3. The number of nitro groups is 1. The highest BCUT2D eigenvalue weighted by Crippen LogP contribution is 2.23. The number of non-ortho nitro benzene ring substituents is 1. The van der Waals surface area contributed by atoms with Crippen LogP contribution in [0.15, 0.2) is 35.0 Å². The van der Waals surface area contributed by atoms with Gasteiger partial charge in [-0.25, -0.2) is 4.98 Å². The van der Waals surface area contributed by atoms with Gasteiger partial charge in [-0.05, 0) is 12.5 Å². The molecule has 1 aromatic carbocycles. The van der Waals surface area contributed by atoms with E-state index in [1.165, 1.54) is 12.1 Å². The number of nitrogens with one attached hydrogen (secondary N) is 2. The molecule has 0 aliphatic rings. The normalized spacial score (nSPS) is 10.9. The van der Waals surface area contributed by atoms with Crippen molar-refractivity contribution >= 4 is 22.8 Å². The average molecular weight is 287 g/mol. The molecular formula is C13H13N5O3. The number of nitro benzene ring substituents is 1. The van der Waals surface area contributed by atoms with Gasteiger partial charge in [-0.1, -0.05) is 0 Å². The lowest BCUT2D eigenvalue weighted by Gasteiger charge is -1.99. The highest BCUT2D eigenvalue weighted by molar-refractivity contribution is 5.77. The summed E-state index contributed by atoms with van der Waals surface area (Å²) >= 11 is 0. The van der Waals surface area contributed by atoms with Gasteiger partial charge >= 0.3 is 0 Å². The summed E-state index contributed by atoms with van der Waals surface area (Å²) < 4.78 is 5.47. The van der Waals surface area contributed by atoms with E-state index in [4.69, 9.17) is 4.42 Å². The summed E-state index contributed by atoms with van der Waals surface area (Å²) in [5, 5.41) is 13.8. The van der Waals surface area contributed by atoms with Crippen LogP contribution in [0.3, 0.4) is 0 Å². The van der Waals surface area contributed by atoms with Crippen molar-refractivity contribution in [3.8, 4) is 0 Å². The summed E-state index contributed by atoms with van der Waals surface area (Å²) in [5.74, 6) is 0.935. The van der Waals surface area contributed by atoms with Crippen molar-refractivity contribution in [1.29, 1.82) is 0 Å². The fourth-order valence-corrected chi connectivity index (χ4v) is 1.99. The average Bonchev–Trinajstić information content (AvgIpc) is 3.11. The number of H-pyrrole nitrogens is 1. The van der Waals surface area contributed by atoms with Gasteiger partial charge in [-0.2, -0.15) is 4.98 Å². The molecule has 0 aliphatic heterocycles. The van der Waals surface area contributed by atoms with Gasteiger partial charge in [0.1, 0.15) is 11.3 Å². The molecule has 0 bridgehead atoms. The largest absolute Gasteiger partial charge is 0.424 e. The second-order valence-electron chi connectivity index (χ2n) is 4.49. The maximum atomic E-state index is 10.7. The molecule has 0 saturated heterocycles. The van der Waals surface area contributed by atoms with Crippen LogP contribution in [0.2, 0.25) is 0 Å². The molecule has 8 heteroatoms. The summed E-state index contributed by atoms with van der Waals surface area (Å²) in [6.45, 7) is 0.676. The molecule has 0 amide bonds. The van der Waals surface area contributed by atoms with Gasteiger partial charge in [0.05, 0.1) is 4.92 Å². The Morgan fingerprint density at radius 3 is 3.10 bits per heavy atom. The maximum Gasteiger partial charge on any atom is 0.295 e. The van der Waals surface area contributed by atoms with Crippen LogP contribution >= 0.6 is 0 Å². The molecule has 0 aliphatic carbocycles. The number of hydrogen-bond acceptors (Lipinski definition) is 6. The van der Waals surface area contributed by atoms with Crippen molar-refractivity contribution in [3.05, 3.63) is 46.5 Å². The van der Waals surface area contributed by atoms with Gasteiger partial charge in [0.25, 0.3) is 11.7 Å². The molecule has 0 unspecified atom stereocenters. The number of oxazole rings is 1. The number of aromatic amines is 1. The molecule has 2 heterocycles. The third-order valence-electron chi connectivity index (χ3n) is 3.00. The van der Waals surface area contributed by atoms with Gasteiger partial charge in [-0.15, -0.1) is 0 Å². The van der Waals surface area contributed by atoms with Crippen LogP contribution in [0.4, 0.5) is 11.7 Å². The maximum absolute atomic E-state index is 10.7. The zero-order valence-corrected chi connectivity index (χ0v) is 11.1. The van der Waals surface area contributed by atoms with Crippen LogP contribution in [0.1, 0.15) is 12.2 Å². The predicted molar refractivity (Wildman–Crippen MR) is 76.1 cm³/mol. The number of anilines is 1. The second kappa shape index (κ2) is 5.61. The third-order valence-corrected chi connectivity index (χ3v) is 3.00. The summed E-state index contributed by atoms with van der Waals surface area (Å²) in [4.78, 5) is 21.6. The lowest BCUT2D eigenvalue weighted by atomic mass is 10.3. The Hall–Kier alpha value is -2.90. The second-order valence-corrected chi connectivity index (χ2v) is 4.49. The molecule has 0 spiro atoms. The minimum atomic E-state index is -0.454. The van der Waals surface area contributed by atoms with Gasteiger partial charge in [0, 0.05) is 37.5 Å². The van der Waals surface area contributed by atoms with E-state index in [9.17, 15) is 10.1 Å². The molecule has 3 rings (SSSR count). The minimum Gasteiger partial charge on any atom is -0.424 e. The van der Waals surface area contributed by atoms with E-state index in [0.717, 1.165) is 18.7 Å². The van der Waals surface area contributed by atoms with Crippen LogP contribution in [-0.4, -0.2) is 26.4 Å². The standard InChI is InChI=1S/C13H13N5O3/c19-18(20)9-3-4-11-10(8-9)17-13(21-11)16-5-1-2-12-14-6-7-15-12/h3-4,6-8H,1-2,5H2,(H,14,15)(H,16,17). The van der Waals surface area contributed by atoms with Crippen molar-refractivity contribution < 1.29 is 9.34 Å². The Labute approximate surface area is 119 Å². The monoisotopic (exact) mass is 287 g/mol. The fraction of sp³-hybridized carbons (Fsp3) is 0.231. The molecule has 2 aromatic heterocycles. The van der Waals surface area contributed by atoms with E-state index in [1.54, 1.807) is 18.5 Å². The fourth-order valence-electron chi connectivity index (χ4n) is 1.99. The number of aryl methyl sites for hydroxylation is 1. The number of hydrogen-bond donors (Lipinski definition) is 2. The van der Waals surface area contributed by atoms with E-state index >= 15 is 0 Å². The summed E-state index contributed by atoms with van der Waals surface area (Å²) in [6, 6.07) is 4.71. The Bertz CT molecular complexity index is 750. The lowest BCUT2D eigenvalue weighted by molar-refractivity contribution is -0.384. The minimum absolute atomic E-state index is 0.000157. The van der Waals surface area contributed by atoms with Gasteiger partial charge in [0.2, 0.25) is 0 Å². The first-order chi connectivity index (χ1) is 10.2. The first kappa shape index (κ1) is 13.1. The number of imidazole rings is 1. The highest BCUT2D eigenvalue weighted by atomic mass is 16.6. The number of nitrogens with zero attached hydrogens (tertiary/aromatic N) is 3. The first-order valence-electron chi connectivity index (χ1n) is 6.49. The molecule has 108 valence electrons. The van der Waals surface area contributed by atoms with Crippen LogP contribution in [0.5, 0.6) is 0 Å². The van der Waals surface area contributed by atoms with Crippen LogP contribution < -0.4 is 5.32 Å². The summed E-state index contributed by atoms with van der Waals surface area (Å²) in [7, 11) is 0. The molecule has 0 fully saturated rings. The predicted octanol–water partition coefficient (Wildman–Crippen LogP) is 2.50. The van der Waals surface area contributed by atoms with E-state index in [0.29, 0.717) is 23.7 Å². The first-order valence-corrected chi connectivity index (χ1v) is 6.49. The van der Waals surface area contributed by atoms with E-state index in [-0.39, 0.29) is 5.69 Å². The van der Waals surface area contributed by atoms with Gasteiger partial charge in [-0.3, -0.25) is 10.1 Å². The summed E-state index contributed by atoms with van der Waals surface area (Å²) in [6.07, 6.45) is 5.20. The Morgan fingerprint density at radius 1 is 1.43 bits per heavy atom. The topological polar surface area (TPSA) is 110 Å². The Balaban J connectivity index is 1.60. The van der Waals surface area contributed by atoms with E-state index in [1.807, 2.05) is 0 Å². The quantitative estimate of drug-likeness (QED) is 0.409. The molecule has 0 atom stereocenters. The van der Waals surface area contributed by atoms with Crippen LogP contribution in [-0.2, 0) is 6.42 Å². The summed E-state index contributed by atoms with van der Waals surface area (Å²) in [5.41, 5.74) is 0.993.